The van der Waals surface area contributed by atoms with Crippen LogP contribution in [0.2, 0.25) is 0 Å². The minimum atomic E-state index is 1.05. The van der Waals surface area contributed by atoms with Gasteiger partial charge in [0.2, 0.25) is 0 Å². The van der Waals surface area contributed by atoms with E-state index in [1.54, 1.807) is 44.3 Å². The van der Waals surface area contributed by atoms with Gasteiger partial charge in [0.05, 0.1) is 20.4 Å². The van der Waals surface area contributed by atoms with E-state index in [2.05, 4.69) is 84.9 Å². The molecule has 0 saturated heterocycles. The van der Waals surface area contributed by atoms with Crippen LogP contribution in [0.5, 0.6) is 0 Å². The van der Waals surface area contributed by atoms with Gasteiger partial charge in [-0.3, -0.25) is 0 Å². The van der Waals surface area contributed by atoms with Crippen molar-refractivity contribution in [3.63, 3.8) is 0 Å². The third-order valence-electron chi connectivity index (χ3n) is 5.13. The van der Waals surface area contributed by atoms with Crippen LogP contribution in [0.25, 0.3) is 42.7 Å². The standard InChI is InChI=1S/C26H16N2S4/c1-3-7-17(8-4-1)19-11-13-23-21(15-19)27-25(29-23)31-32-26-28-22-16-20(12-14-24(22)30-26)18-9-5-2-6-10-18/h1-16H. The average molecular weight is 485 g/mol. The van der Waals surface area contributed by atoms with Gasteiger partial charge in [-0.25, -0.2) is 9.97 Å². The van der Waals surface area contributed by atoms with E-state index in [0.717, 1.165) is 19.7 Å². The third-order valence-corrected chi connectivity index (χ3v) is 10.2. The summed E-state index contributed by atoms with van der Waals surface area (Å²) in [5.41, 5.74) is 6.94. The molecule has 32 heavy (non-hydrogen) atoms. The molecule has 154 valence electrons. The number of rotatable bonds is 5. The Hall–Kier alpha value is -2.64. The molecule has 0 fully saturated rings. The van der Waals surface area contributed by atoms with E-state index in [1.807, 2.05) is 12.1 Å². The van der Waals surface area contributed by atoms with Crippen molar-refractivity contribution in [1.29, 1.82) is 0 Å². The molecule has 2 aromatic heterocycles. The lowest BCUT2D eigenvalue weighted by Crippen LogP contribution is -1.77. The number of nitrogens with zero attached hydrogens (tertiary/aromatic N) is 2. The van der Waals surface area contributed by atoms with Crippen molar-refractivity contribution < 1.29 is 0 Å². The van der Waals surface area contributed by atoms with E-state index in [0.29, 0.717) is 0 Å². The molecule has 0 unspecified atom stereocenters. The summed E-state index contributed by atoms with van der Waals surface area (Å²) in [6.45, 7) is 0. The zero-order valence-electron chi connectivity index (χ0n) is 16.8. The molecule has 0 bridgehead atoms. The second-order valence-corrected chi connectivity index (χ2v) is 11.9. The number of thiazole rings is 2. The van der Waals surface area contributed by atoms with E-state index in [-0.39, 0.29) is 0 Å². The molecule has 0 spiro atoms. The highest BCUT2D eigenvalue weighted by atomic mass is 33.1. The van der Waals surface area contributed by atoms with Crippen LogP contribution in [0.4, 0.5) is 0 Å². The maximum Gasteiger partial charge on any atom is 0.162 e. The Balaban J connectivity index is 1.22. The SMILES string of the molecule is c1ccc(-c2ccc3sc(SSc4nc5cc(-c6ccccc6)ccc5s4)nc3c2)cc1. The fourth-order valence-electron chi connectivity index (χ4n) is 3.58. The molecular formula is C26H16N2S4. The smallest absolute Gasteiger partial charge is 0.162 e. The maximum atomic E-state index is 4.86. The van der Waals surface area contributed by atoms with Crippen LogP contribution in [0.1, 0.15) is 0 Å². The van der Waals surface area contributed by atoms with Crippen LogP contribution in [0.15, 0.2) is 106 Å². The molecule has 0 aliphatic carbocycles. The minimum Gasteiger partial charge on any atom is -0.229 e. The van der Waals surface area contributed by atoms with Crippen LogP contribution in [-0.4, -0.2) is 9.97 Å². The topological polar surface area (TPSA) is 25.8 Å². The van der Waals surface area contributed by atoms with Crippen LogP contribution in [0.3, 0.4) is 0 Å². The second-order valence-electron chi connectivity index (χ2n) is 7.22. The van der Waals surface area contributed by atoms with Gasteiger partial charge in [-0.05, 0) is 68.1 Å². The zero-order valence-corrected chi connectivity index (χ0v) is 20.0. The number of hydrogen-bond acceptors (Lipinski definition) is 6. The number of benzene rings is 4. The second kappa shape index (κ2) is 8.71. The number of fused-ring (bicyclic) bond motifs is 2. The molecule has 0 N–H and O–H groups in total. The first kappa shape index (κ1) is 20.0. The Morgan fingerprint density at radius 1 is 0.469 bits per heavy atom. The Labute approximate surface area is 201 Å². The van der Waals surface area contributed by atoms with Gasteiger partial charge in [0, 0.05) is 0 Å². The average Bonchev–Trinajstić information content (AvgIpc) is 3.46. The molecule has 0 aliphatic rings. The quantitative estimate of drug-likeness (QED) is 0.228. The van der Waals surface area contributed by atoms with E-state index >= 15 is 0 Å². The van der Waals surface area contributed by atoms with Crippen molar-refractivity contribution in [2.45, 2.75) is 8.68 Å². The first-order chi connectivity index (χ1) is 15.8. The van der Waals surface area contributed by atoms with Gasteiger partial charge in [0.1, 0.15) is 0 Å². The van der Waals surface area contributed by atoms with E-state index in [1.165, 1.54) is 31.7 Å². The monoisotopic (exact) mass is 484 g/mol. The van der Waals surface area contributed by atoms with Gasteiger partial charge in [0.25, 0.3) is 0 Å². The Morgan fingerprint density at radius 3 is 1.34 bits per heavy atom. The lowest BCUT2D eigenvalue weighted by molar-refractivity contribution is 1.31. The Kier molecular flexibility index (Phi) is 5.45. The summed E-state index contributed by atoms with van der Waals surface area (Å²) >= 11 is 3.47. The Bertz CT molecular complexity index is 1400. The number of hydrogen-bond donors (Lipinski definition) is 0. The summed E-state index contributed by atoms with van der Waals surface area (Å²) in [5, 5.41) is 0. The van der Waals surface area contributed by atoms with Crippen molar-refractivity contribution in [1.82, 2.24) is 9.97 Å². The predicted octanol–water partition coefficient (Wildman–Crippen LogP) is 9.04. The van der Waals surface area contributed by atoms with Gasteiger partial charge in [0.15, 0.2) is 8.68 Å². The van der Waals surface area contributed by atoms with E-state index in [9.17, 15) is 0 Å². The van der Waals surface area contributed by atoms with Crippen molar-refractivity contribution in [2.24, 2.45) is 0 Å². The molecule has 0 atom stereocenters. The normalized spacial score (nSPS) is 11.4. The summed E-state index contributed by atoms with van der Waals surface area (Å²) in [6, 6.07) is 34.0. The van der Waals surface area contributed by atoms with E-state index in [4.69, 9.17) is 9.97 Å². The van der Waals surface area contributed by atoms with Crippen molar-refractivity contribution in [2.75, 3.05) is 0 Å². The summed E-state index contributed by atoms with van der Waals surface area (Å²) in [6.07, 6.45) is 0. The molecule has 0 saturated carbocycles. The van der Waals surface area contributed by atoms with Crippen molar-refractivity contribution in [3.05, 3.63) is 97.1 Å². The third kappa shape index (κ3) is 4.07. The molecule has 2 nitrogen and oxygen atoms in total. The predicted molar refractivity (Wildman–Crippen MR) is 142 cm³/mol. The molecule has 0 amide bonds. The number of aromatic nitrogens is 2. The zero-order chi connectivity index (χ0) is 21.3. The molecule has 6 rings (SSSR count). The van der Waals surface area contributed by atoms with Gasteiger partial charge in [-0.2, -0.15) is 0 Å². The van der Waals surface area contributed by atoms with Crippen LogP contribution >= 0.6 is 44.3 Å². The molecule has 6 aromatic rings. The lowest BCUT2D eigenvalue weighted by Gasteiger charge is -2.00. The van der Waals surface area contributed by atoms with Crippen molar-refractivity contribution in [3.8, 4) is 22.3 Å². The van der Waals surface area contributed by atoms with Crippen LogP contribution < -0.4 is 0 Å². The van der Waals surface area contributed by atoms with E-state index < -0.39 is 0 Å². The van der Waals surface area contributed by atoms with Gasteiger partial charge in [-0.15, -0.1) is 22.7 Å². The molecule has 2 heterocycles. The summed E-state index contributed by atoms with van der Waals surface area (Å²) in [7, 11) is 3.38. The van der Waals surface area contributed by atoms with Gasteiger partial charge >= 0.3 is 0 Å². The highest BCUT2D eigenvalue weighted by molar-refractivity contribution is 8.77. The molecular weight excluding hydrogens is 469 g/mol. The first-order valence-corrected chi connectivity index (χ1v) is 13.9. The van der Waals surface area contributed by atoms with Crippen LogP contribution in [-0.2, 0) is 0 Å². The fourth-order valence-corrected chi connectivity index (χ4v) is 8.03. The summed E-state index contributed by atoms with van der Waals surface area (Å²) < 4.78 is 4.54. The highest BCUT2D eigenvalue weighted by Crippen LogP contribution is 2.44. The maximum absolute atomic E-state index is 4.86. The van der Waals surface area contributed by atoms with Gasteiger partial charge < -0.3 is 0 Å². The van der Waals surface area contributed by atoms with Crippen molar-refractivity contribution >= 4 is 64.7 Å². The minimum absolute atomic E-state index is 1.05. The molecule has 0 radical (unpaired) electrons. The molecule has 0 aliphatic heterocycles. The fraction of sp³-hybridized carbons (Fsp3) is 0. The highest BCUT2D eigenvalue weighted by Gasteiger charge is 2.11. The molecule has 4 aromatic carbocycles. The lowest BCUT2D eigenvalue weighted by atomic mass is 10.1. The molecule has 6 heteroatoms. The first-order valence-electron chi connectivity index (χ1n) is 10.1. The summed E-state index contributed by atoms with van der Waals surface area (Å²) in [4.78, 5) is 9.72. The van der Waals surface area contributed by atoms with Crippen LogP contribution in [0, 0.1) is 0 Å². The largest absolute Gasteiger partial charge is 0.229 e. The van der Waals surface area contributed by atoms with Gasteiger partial charge in [-0.1, -0.05) is 72.8 Å². The Morgan fingerprint density at radius 2 is 0.906 bits per heavy atom. The summed E-state index contributed by atoms with van der Waals surface area (Å²) in [5.74, 6) is 0.